The van der Waals surface area contributed by atoms with Crippen LogP contribution >= 0.6 is 0 Å². The van der Waals surface area contributed by atoms with Crippen LogP contribution in [-0.2, 0) is 11.0 Å². The lowest BCUT2D eigenvalue weighted by Gasteiger charge is -2.24. The summed E-state index contributed by atoms with van der Waals surface area (Å²) < 4.78 is 44.0. The number of benzene rings is 2. The van der Waals surface area contributed by atoms with E-state index in [4.69, 9.17) is 9.84 Å². The summed E-state index contributed by atoms with van der Waals surface area (Å²) in [5.74, 6) is -0.574. The number of rotatable bonds is 9. The molecule has 27 heavy (non-hydrogen) atoms. The monoisotopic (exact) mass is 381 g/mol. The van der Waals surface area contributed by atoms with Crippen LogP contribution in [0.4, 0.5) is 13.2 Å². The first-order valence-corrected chi connectivity index (χ1v) is 8.62. The van der Waals surface area contributed by atoms with Crippen molar-refractivity contribution in [1.29, 1.82) is 0 Å². The first-order chi connectivity index (χ1) is 12.8. The smallest absolute Gasteiger partial charge is 0.416 e. The number of likely N-dealkylation sites (N-methyl/N-ethyl adjacent to an activating group) is 1. The van der Waals surface area contributed by atoms with Crippen LogP contribution in [0.25, 0.3) is 0 Å². The van der Waals surface area contributed by atoms with E-state index in [0.717, 1.165) is 17.7 Å². The zero-order chi connectivity index (χ0) is 19.9. The molecule has 1 N–H and O–H groups in total. The van der Waals surface area contributed by atoms with Gasteiger partial charge in [-0.25, -0.2) is 0 Å². The number of hydrogen-bond acceptors (Lipinski definition) is 3. The van der Waals surface area contributed by atoms with Gasteiger partial charge in [-0.3, -0.25) is 9.69 Å². The summed E-state index contributed by atoms with van der Waals surface area (Å²) >= 11 is 0. The molecule has 0 amide bonds. The van der Waals surface area contributed by atoms with Crippen molar-refractivity contribution in [2.45, 2.75) is 25.6 Å². The Kier molecular flexibility index (Phi) is 7.24. The van der Waals surface area contributed by atoms with E-state index >= 15 is 0 Å². The minimum atomic E-state index is -4.39. The topological polar surface area (TPSA) is 49.8 Å². The highest BCUT2D eigenvalue weighted by molar-refractivity contribution is 5.69. The number of nitrogens with zero attached hydrogens (tertiary/aromatic N) is 1. The molecule has 0 aliphatic heterocycles. The highest BCUT2D eigenvalue weighted by Crippen LogP contribution is 2.32. The summed E-state index contributed by atoms with van der Waals surface area (Å²) in [4.78, 5) is 12.7. The van der Waals surface area contributed by atoms with Gasteiger partial charge in [0, 0.05) is 13.0 Å². The van der Waals surface area contributed by atoms with E-state index in [0.29, 0.717) is 25.3 Å². The summed E-state index contributed by atoms with van der Waals surface area (Å²) in [7, 11) is 0. The maximum atomic E-state index is 12.7. The van der Waals surface area contributed by atoms with Crippen LogP contribution < -0.4 is 4.74 Å². The van der Waals surface area contributed by atoms with E-state index in [2.05, 4.69) is 0 Å². The van der Waals surface area contributed by atoms with Crippen LogP contribution in [0, 0.1) is 0 Å². The van der Waals surface area contributed by atoms with Gasteiger partial charge in [0.1, 0.15) is 11.9 Å². The first-order valence-electron chi connectivity index (χ1n) is 8.62. The quantitative estimate of drug-likeness (QED) is 0.689. The summed E-state index contributed by atoms with van der Waals surface area (Å²) in [6, 6.07) is 13.9. The van der Waals surface area contributed by atoms with Crippen LogP contribution in [0.3, 0.4) is 0 Å². The van der Waals surface area contributed by atoms with Crippen molar-refractivity contribution in [1.82, 2.24) is 4.90 Å². The van der Waals surface area contributed by atoms with Crippen LogP contribution in [0.5, 0.6) is 5.75 Å². The molecular weight excluding hydrogens is 359 g/mol. The van der Waals surface area contributed by atoms with Gasteiger partial charge in [0.2, 0.25) is 0 Å². The Morgan fingerprint density at radius 3 is 2.26 bits per heavy atom. The molecule has 0 aromatic heterocycles. The molecule has 0 aliphatic rings. The largest absolute Gasteiger partial charge is 0.486 e. The fraction of sp³-hybridized carbons (Fsp3) is 0.350. The van der Waals surface area contributed by atoms with Crippen molar-refractivity contribution >= 4 is 5.97 Å². The van der Waals surface area contributed by atoms with Crippen molar-refractivity contribution in [2.75, 3.05) is 19.6 Å². The third-order valence-corrected chi connectivity index (χ3v) is 4.14. The fourth-order valence-electron chi connectivity index (χ4n) is 2.69. The second kappa shape index (κ2) is 9.41. The minimum Gasteiger partial charge on any atom is -0.486 e. The molecule has 0 saturated heterocycles. The average molecular weight is 381 g/mol. The van der Waals surface area contributed by atoms with Gasteiger partial charge in [0.25, 0.3) is 0 Å². The molecule has 7 heteroatoms. The third kappa shape index (κ3) is 6.60. The predicted molar refractivity (Wildman–Crippen MR) is 95.6 cm³/mol. The maximum absolute atomic E-state index is 12.7. The fourth-order valence-corrected chi connectivity index (χ4v) is 2.69. The van der Waals surface area contributed by atoms with Crippen molar-refractivity contribution in [3.05, 3.63) is 65.7 Å². The van der Waals surface area contributed by atoms with E-state index < -0.39 is 23.8 Å². The Balaban J connectivity index is 2.12. The lowest BCUT2D eigenvalue weighted by atomic mass is 10.1. The van der Waals surface area contributed by atoms with Gasteiger partial charge >= 0.3 is 12.1 Å². The number of carboxylic acids is 1. The molecule has 0 spiro atoms. The molecule has 0 heterocycles. The molecular formula is C20H22F3NO3. The Labute approximate surface area is 156 Å². The third-order valence-electron chi connectivity index (χ3n) is 4.14. The van der Waals surface area contributed by atoms with Crippen molar-refractivity contribution in [3.8, 4) is 5.75 Å². The lowest BCUT2D eigenvalue weighted by molar-refractivity contribution is -0.139. The van der Waals surface area contributed by atoms with Crippen molar-refractivity contribution in [3.63, 3.8) is 0 Å². The minimum absolute atomic E-state index is 0.0711. The Hall–Kier alpha value is -2.54. The van der Waals surface area contributed by atoms with E-state index in [-0.39, 0.29) is 6.54 Å². The van der Waals surface area contributed by atoms with Gasteiger partial charge < -0.3 is 9.84 Å². The molecule has 4 nitrogen and oxygen atoms in total. The van der Waals surface area contributed by atoms with Crippen molar-refractivity contribution < 1.29 is 27.8 Å². The van der Waals surface area contributed by atoms with E-state index in [1.807, 2.05) is 37.3 Å². The number of aliphatic carboxylic acids is 1. The zero-order valence-electron chi connectivity index (χ0n) is 14.9. The second-order valence-corrected chi connectivity index (χ2v) is 6.09. The normalized spacial score (nSPS) is 12.8. The molecule has 2 rings (SSSR count). The number of halogens is 3. The van der Waals surface area contributed by atoms with Gasteiger partial charge in [-0.15, -0.1) is 0 Å². The van der Waals surface area contributed by atoms with E-state index in [1.165, 1.54) is 12.1 Å². The van der Waals surface area contributed by atoms with Gasteiger partial charge in [-0.05, 0) is 36.4 Å². The van der Waals surface area contributed by atoms with Crippen LogP contribution in [0.15, 0.2) is 54.6 Å². The maximum Gasteiger partial charge on any atom is 0.416 e. The standard InChI is InChI=1S/C20H22F3NO3/c1-2-24(14-19(25)26)13-12-18(15-6-4-3-5-7-15)27-17-10-8-16(9-11-17)20(21,22)23/h3-11,18H,2,12-14H2,1H3,(H,25,26)/t18-/m0/s1. The van der Waals surface area contributed by atoms with Crippen LogP contribution in [0.2, 0.25) is 0 Å². The van der Waals surface area contributed by atoms with Crippen LogP contribution in [-0.4, -0.2) is 35.6 Å². The van der Waals surface area contributed by atoms with E-state index in [9.17, 15) is 18.0 Å². The number of alkyl halides is 3. The van der Waals surface area contributed by atoms with Gasteiger partial charge in [0.05, 0.1) is 12.1 Å². The average Bonchev–Trinajstić information content (AvgIpc) is 2.64. The highest BCUT2D eigenvalue weighted by atomic mass is 19.4. The molecule has 0 saturated carbocycles. The molecule has 0 unspecified atom stereocenters. The zero-order valence-corrected chi connectivity index (χ0v) is 14.9. The number of ether oxygens (including phenoxy) is 1. The molecule has 0 bridgehead atoms. The SMILES string of the molecule is CCN(CC[C@H](Oc1ccc(C(F)(F)F)cc1)c1ccccc1)CC(=O)O. The number of hydrogen-bond donors (Lipinski definition) is 1. The number of carbonyl (C=O) groups is 1. The van der Waals surface area contributed by atoms with E-state index in [1.54, 1.807) is 4.90 Å². The lowest BCUT2D eigenvalue weighted by Crippen LogP contribution is -2.31. The van der Waals surface area contributed by atoms with Crippen molar-refractivity contribution in [2.24, 2.45) is 0 Å². The Morgan fingerprint density at radius 2 is 1.74 bits per heavy atom. The molecule has 146 valence electrons. The molecule has 2 aromatic rings. The summed E-state index contributed by atoms with van der Waals surface area (Å²) in [6.07, 6.45) is -4.28. The van der Waals surface area contributed by atoms with Crippen LogP contribution in [0.1, 0.15) is 30.6 Å². The van der Waals surface area contributed by atoms with Gasteiger partial charge in [-0.2, -0.15) is 13.2 Å². The molecule has 0 radical (unpaired) electrons. The molecule has 2 aromatic carbocycles. The summed E-state index contributed by atoms with van der Waals surface area (Å²) in [5, 5.41) is 8.96. The summed E-state index contributed by atoms with van der Waals surface area (Å²) in [5.41, 5.74) is 0.147. The second-order valence-electron chi connectivity index (χ2n) is 6.09. The summed E-state index contributed by atoms with van der Waals surface area (Å²) in [6.45, 7) is 2.87. The molecule has 0 aliphatic carbocycles. The molecule has 1 atom stereocenters. The number of carboxylic acid groups (broad SMARTS) is 1. The highest BCUT2D eigenvalue weighted by Gasteiger charge is 2.30. The first kappa shape index (κ1) is 20.8. The van der Waals surface area contributed by atoms with Gasteiger partial charge in [0.15, 0.2) is 0 Å². The Morgan fingerprint density at radius 1 is 1.11 bits per heavy atom. The molecule has 0 fully saturated rings. The Bertz CT molecular complexity index is 718. The van der Waals surface area contributed by atoms with Gasteiger partial charge in [-0.1, -0.05) is 37.3 Å². The predicted octanol–water partition coefficient (Wildman–Crippen LogP) is 4.62.